The Labute approximate surface area is 98.5 Å². The highest BCUT2D eigenvalue weighted by Gasteiger charge is 1.93. The second-order valence-electron chi connectivity index (χ2n) is 3.78. The zero-order valence-corrected chi connectivity index (χ0v) is 10.3. The molecular formula is C14H21S. The lowest BCUT2D eigenvalue weighted by atomic mass is 10.1. The van der Waals surface area contributed by atoms with Crippen molar-refractivity contribution in [1.29, 1.82) is 0 Å². The molecule has 0 bridgehead atoms. The first kappa shape index (κ1) is 12.6. The highest BCUT2D eigenvalue weighted by atomic mass is 32.2. The van der Waals surface area contributed by atoms with Crippen LogP contribution in [-0.4, -0.2) is 5.75 Å². The molecular weight excluding hydrogens is 200 g/mol. The second-order valence-corrected chi connectivity index (χ2v) is 4.95. The SMILES string of the molecule is [CH2]CCCCCCCSc1ccccc1. The van der Waals surface area contributed by atoms with Crippen molar-refractivity contribution >= 4 is 11.8 Å². The van der Waals surface area contributed by atoms with Crippen molar-refractivity contribution in [3.05, 3.63) is 37.3 Å². The van der Waals surface area contributed by atoms with Crippen LogP contribution < -0.4 is 0 Å². The maximum atomic E-state index is 3.86. The normalized spacial score (nSPS) is 10.5. The van der Waals surface area contributed by atoms with E-state index in [1.54, 1.807) is 0 Å². The van der Waals surface area contributed by atoms with Gasteiger partial charge in [0.2, 0.25) is 0 Å². The number of thioether (sulfide) groups is 1. The fourth-order valence-corrected chi connectivity index (χ4v) is 2.45. The Morgan fingerprint density at radius 3 is 2.27 bits per heavy atom. The summed E-state index contributed by atoms with van der Waals surface area (Å²) in [5, 5.41) is 0. The van der Waals surface area contributed by atoms with Crippen molar-refractivity contribution in [2.75, 3.05) is 5.75 Å². The maximum Gasteiger partial charge on any atom is 0.00719 e. The van der Waals surface area contributed by atoms with Gasteiger partial charge in [0, 0.05) is 4.90 Å². The predicted molar refractivity (Wildman–Crippen MR) is 70.2 cm³/mol. The van der Waals surface area contributed by atoms with E-state index in [1.165, 1.54) is 42.8 Å². The van der Waals surface area contributed by atoms with Crippen LogP contribution in [0.5, 0.6) is 0 Å². The summed E-state index contributed by atoms with van der Waals surface area (Å²) in [6.07, 6.45) is 7.85. The van der Waals surface area contributed by atoms with Crippen LogP contribution in [0.1, 0.15) is 38.5 Å². The average Bonchev–Trinajstić information content (AvgIpc) is 2.29. The molecule has 1 rings (SSSR count). The van der Waals surface area contributed by atoms with Gasteiger partial charge in [-0.2, -0.15) is 0 Å². The number of rotatable bonds is 8. The number of benzene rings is 1. The maximum absolute atomic E-state index is 3.86. The zero-order valence-electron chi connectivity index (χ0n) is 9.45. The summed E-state index contributed by atoms with van der Waals surface area (Å²) >= 11 is 1.97. The fraction of sp³-hybridized carbons (Fsp3) is 0.500. The van der Waals surface area contributed by atoms with Crippen LogP contribution in [0.25, 0.3) is 0 Å². The Bertz CT molecular complexity index is 230. The van der Waals surface area contributed by atoms with Crippen LogP contribution in [0.2, 0.25) is 0 Å². The molecule has 0 N–H and O–H groups in total. The molecule has 1 radical (unpaired) electrons. The van der Waals surface area contributed by atoms with Gasteiger partial charge >= 0.3 is 0 Å². The Morgan fingerprint density at radius 2 is 1.53 bits per heavy atom. The number of hydrogen-bond acceptors (Lipinski definition) is 1. The standard InChI is InChI=1S/C14H21S/c1-2-3-4-5-6-10-13-15-14-11-8-7-9-12-14/h7-9,11-12H,1-6,10,13H2. The van der Waals surface area contributed by atoms with Crippen LogP contribution in [-0.2, 0) is 0 Å². The summed E-state index contributed by atoms with van der Waals surface area (Å²) in [7, 11) is 0. The average molecular weight is 221 g/mol. The Morgan fingerprint density at radius 1 is 0.867 bits per heavy atom. The predicted octanol–water partition coefficient (Wildman–Crippen LogP) is 4.95. The van der Waals surface area contributed by atoms with Crippen molar-refractivity contribution in [3.63, 3.8) is 0 Å². The number of hydrogen-bond donors (Lipinski definition) is 0. The molecule has 0 nitrogen and oxygen atoms in total. The Balaban J connectivity index is 1.93. The molecule has 0 heterocycles. The third kappa shape index (κ3) is 6.62. The minimum Gasteiger partial charge on any atom is -0.126 e. The molecule has 1 aromatic carbocycles. The minimum absolute atomic E-state index is 1.10. The van der Waals surface area contributed by atoms with E-state index in [1.807, 2.05) is 11.8 Å². The van der Waals surface area contributed by atoms with Gasteiger partial charge < -0.3 is 0 Å². The van der Waals surface area contributed by atoms with E-state index in [0.29, 0.717) is 0 Å². The number of unbranched alkanes of at least 4 members (excludes halogenated alkanes) is 5. The van der Waals surface area contributed by atoms with Gasteiger partial charge in [-0.3, -0.25) is 0 Å². The Kier molecular flexibility index (Phi) is 7.45. The summed E-state index contributed by atoms with van der Waals surface area (Å²) in [6.45, 7) is 3.86. The third-order valence-electron chi connectivity index (χ3n) is 2.41. The molecule has 83 valence electrons. The van der Waals surface area contributed by atoms with Crippen LogP contribution in [0, 0.1) is 6.92 Å². The monoisotopic (exact) mass is 221 g/mol. The van der Waals surface area contributed by atoms with Crippen LogP contribution >= 0.6 is 11.8 Å². The summed E-state index contributed by atoms with van der Waals surface area (Å²) < 4.78 is 0. The topological polar surface area (TPSA) is 0 Å². The van der Waals surface area contributed by atoms with Gasteiger partial charge in [0.15, 0.2) is 0 Å². The van der Waals surface area contributed by atoms with Gasteiger partial charge in [0.25, 0.3) is 0 Å². The summed E-state index contributed by atoms with van der Waals surface area (Å²) in [6, 6.07) is 10.7. The van der Waals surface area contributed by atoms with E-state index in [2.05, 4.69) is 37.3 Å². The van der Waals surface area contributed by atoms with Crippen molar-refractivity contribution in [2.24, 2.45) is 0 Å². The van der Waals surface area contributed by atoms with Gasteiger partial charge in [0.1, 0.15) is 0 Å². The lowest BCUT2D eigenvalue weighted by molar-refractivity contribution is 0.639. The first-order chi connectivity index (χ1) is 7.43. The molecule has 0 atom stereocenters. The highest BCUT2D eigenvalue weighted by Crippen LogP contribution is 2.19. The van der Waals surface area contributed by atoms with Gasteiger partial charge in [-0.25, -0.2) is 0 Å². The quantitative estimate of drug-likeness (QED) is 0.442. The van der Waals surface area contributed by atoms with E-state index in [0.717, 1.165) is 6.42 Å². The van der Waals surface area contributed by atoms with Crippen molar-refractivity contribution < 1.29 is 0 Å². The summed E-state index contributed by atoms with van der Waals surface area (Å²) in [5.41, 5.74) is 0. The van der Waals surface area contributed by atoms with Crippen LogP contribution in [0.3, 0.4) is 0 Å². The van der Waals surface area contributed by atoms with Gasteiger partial charge in [-0.05, 0) is 24.3 Å². The minimum atomic E-state index is 1.10. The smallest absolute Gasteiger partial charge is 0.00719 e. The molecule has 0 saturated heterocycles. The molecule has 0 aliphatic carbocycles. The molecule has 0 fully saturated rings. The van der Waals surface area contributed by atoms with Crippen molar-refractivity contribution in [1.82, 2.24) is 0 Å². The van der Waals surface area contributed by atoms with Crippen LogP contribution in [0.4, 0.5) is 0 Å². The van der Waals surface area contributed by atoms with E-state index in [4.69, 9.17) is 0 Å². The Hall–Kier alpha value is -0.430. The fourth-order valence-electron chi connectivity index (χ4n) is 1.52. The van der Waals surface area contributed by atoms with E-state index >= 15 is 0 Å². The largest absolute Gasteiger partial charge is 0.126 e. The first-order valence-electron chi connectivity index (χ1n) is 5.90. The lowest BCUT2D eigenvalue weighted by Gasteiger charge is -2.01. The van der Waals surface area contributed by atoms with E-state index < -0.39 is 0 Å². The zero-order chi connectivity index (χ0) is 10.8. The summed E-state index contributed by atoms with van der Waals surface area (Å²) in [4.78, 5) is 1.40. The van der Waals surface area contributed by atoms with Gasteiger partial charge in [-0.1, -0.05) is 57.2 Å². The van der Waals surface area contributed by atoms with E-state index in [9.17, 15) is 0 Å². The van der Waals surface area contributed by atoms with Crippen molar-refractivity contribution in [3.8, 4) is 0 Å². The molecule has 0 aliphatic rings. The first-order valence-corrected chi connectivity index (χ1v) is 6.89. The highest BCUT2D eigenvalue weighted by molar-refractivity contribution is 7.99. The molecule has 0 spiro atoms. The lowest BCUT2D eigenvalue weighted by Crippen LogP contribution is -1.82. The third-order valence-corrected chi connectivity index (χ3v) is 3.50. The molecule has 0 amide bonds. The molecule has 15 heavy (non-hydrogen) atoms. The second kappa shape index (κ2) is 8.84. The molecule has 1 heteroatoms. The van der Waals surface area contributed by atoms with Crippen molar-refractivity contribution in [2.45, 2.75) is 43.4 Å². The summed E-state index contributed by atoms with van der Waals surface area (Å²) in [5.74, 6) is 1.26. The molecule has 0 saturated carbocycles. The van der Waals surface area contributed by atoms with E-state index in [-0.39, 0.29) is 0 Å². The molecule has 0 aliphatic heterocycles. The van der Waals surface area contributed by atoms with Gasteiger partial charge in [-0.15, -0.1) is 11.8 Å². The molecule has 0 aromatic heterocycles. The van der Waals surface area contributed by atoms with Gasteiger partial charge in [0.05, 0.1) is 0 Å². The molecule has 0 unspecified atom stereocenters. The molecule has 1 aromatic rings. The van der Waals surface area contributed by atoms with Crippen LogP contribution in [0.15, 0.2) is 35.2 Å².